The molecule has 0 aromatic heterocycles. The van der Waals surface area contributed by atoms with Crippen molar-refractivity contribution in [3.8, 4) is 0 Å². The minimum Gasteiger partial charge on any atom is -0.481 e. The van der Waals surface area contributed by atoms with Crippen molar-refractivity contribution in [1.29, 1.82) is 0 Å². The molecule has 0 aromatic carbocycles. The van der Waals surface area contributed by atoms with Crippen molar-refractivity contribution in [3.63, 3.8) is 0 Å². The van der Waals surface area contributed by atoms with E-state index in [4.69, 9.17) is 0 Å². The fourth-order valence-electron chi connectivity index (χ4n) is 4.24. The van der Waals surface area contributed by atoms with E-state index in [1.807, 2.05) is 13.8 Å². The Morgan fingerprint density at radius 3 is 2.29 bits per heavy atom. The number of nitrogens with zero attached hydrogens (tertiary/aromatic N) is 1. The summed E-state index contributed by atoms with van der Waals surface area (Å²) in [7, 11) is 0. The highest BCUT2D eigenvalue weighted by atomic mass is 16.4. The molecule has 2 fully saturated rings. The molecule has 0 radical (unpaired) electrons. The molecule has 1 saturated carbocycles. The summed E-state index contributed by atoms with van der Waals surface area (Å²) in [5, 5.41) is 9.47. The molecule has 1 aliphatic carbocycles. The van der Waals surface area contributed by atoms with Crippen molar-refractivity contribution in [2.24, 2.45) is 23.2 Å². The molecule has 122 valence electrons. The Hall–Kier alpha value is -0.570. The van der Waals surface area contributed by atoms with E-state index < -0.39 is 11.4 Å². The molecular formula is C18H33NO2. The summed E-state index contributed by atoms with van der Waals surface area (Å²) in [6, 6.07) is 0.701. The second-order valence-corrected chi connectivity index (χ2v) is 8.17. The van der Waals surface area contributed by atoms with Crippen LogP contribution in [0.3, 0.4) is 0 Å². The molecule has 0 amide bonds. The van der Waals surface area contributed by atoms with Crippen molar-refractivity contribution in [2.45, 2.75) is 72.3 Å². The first kappa shape index (κ1) is 16.8. The zero-order valence-electron chi connectivity index (χ0n) is 14.3. The van der Waals surface area contributed by atoms with Crippen LogP contribution >= 0.6 is 0 Å². The molecule has 1 heterocycles. The lowest BCUT2D eigenvalue weighted by molar-refractivity contribution is -0.151. The van der Waals surface area contributed by atoms with Gasteiger partial charge >= 0.3 is 5.97 Å². The van der Waals surface area contributed by atoms with Crippen LogP contribution in [0.2, 0.25) is 0 Å². The normalized spacial score (nSPS) is 32.3. The van der Waals surface area contributed by atoms with Crippen molar-refractivity contribution in [3.05, 3.63) is 0 Å². The average molecular weight is 295 g/mol. The molecular weight excluding hydrogens is 262 g/mol. The van der Waals surface area contributed by atoms with Crippen LogP contribution in [0.5, 0.6) is 0 Å². The van der Waals surface area contributed by atoms with E-state index in [0.717, 1.165) is 31.2 Å². The van der Waals surface area contributed by atoms with Crippen molar-refractivity contribution >= 4 is 5.97 Å². The number of rotatable bonds is 4. The minimum absolute atomic E-state index is 0.298. The third-order valence-corrected chi connectivity index (χ3v) is 6.23. The van der Waals surface area contributed by atoms with Gasteiger partial charge in [0.05, 0.1) is 5.41 Å². The third kappa shape index (κ3) is 3.80. The van der Waals surface area contributed by atoms with Crippen molar-refractivity contribution in [1.82, 2.24) is 4.90 Å². The molecule has 0 aromatic rings. The topological polar surface area (TPSA) is 40.5 Å². The molecule has 1 unspecified atom stereocenters. The van der Waals surface area contributed by atoms with Gasteiger partial charge in [-0.15, -0.1) is 0 Å². The van der Waals surface area contributed by atoms with Crippen LogP contribution in [-0.4, -0.2) is 35.1 Å². The van der Waals surface area contributed by atoms with E-state index in [0.29, 0.717) is 12.0 Å². The SMILES string of the molecule is CC(C)C1CCC(N2CCCC(C(C)(C)C(=O)O)C2)CC1. The Bertz CT molecular complexity index is 356. The smallest absolute Gasteiger partial charge is 0.309 e. The number of carbonyl (C=O) groups is 1. The zero-order valence-corrected chi connectivity index (χ0v) is 14.3. The van der Waals surface area contributed by atoms with E-state index in [-0.39, 0.29) is 0 Å². The molecule has 1 saturated heterocycles. The van der Waals surface area contributed by atoms with Crippen LogP contribution in [0.15, 0.2) is 0 Å². The standard InChI is InChI=1S/C18H33NO2/c1-13(2)14-7-9-16(10-8-14)19-11-5-6-15(12-19)18(3,4)17(20)21/h13-16H,5-12H2,1-4H3,(H,20,21). The largest absolute Gasteiger partial charge is 0.481 e. The number of carboxylic acids is 1. The first-order valence-electron chi connectivity index (χ1n) is 8.79. The summed E-state index contributed by atoms with van der Waals surface area (Å²) in [4.78, 5) is 14.1. The summed E-state index contributed by atoms with van der Waals surface area (Å²) in [6.45, 7) is 10.6. The monoisotopic (exact) mass is 295 g/mol. The number of hydrogen-bond donors (Lipinski definition) is 1. The van der Waals surface area contributed by atoms with E-state index in [1.54, 1.807) is 0 Å². The van der Waals surface area contributed by atoms with Crippen LogP contribution < -0.4 is 0 Å². The maximum atomic E-state index is 11.5. The van der Waals surface area contributed by atoms with E-state index in [1.165, 1.54) is 32.2 Å². The molecule has 1 atom stereocenters. The van der Waals surface area contributed by atoms with Gasteiger partial charge in [-0.1, -0.05) is 13.8 Å². The van der Waals surface area contributed by atoms with Gasteiger partial charge in [-0.2, -0.15) is 0 Å². The highest BCUT2D eigenvalue weighted by Crippen LogP contribution is 2.38. The zero-order chi connectivity index (χ0) is 15.6. The Labute approximate surface area is 130 Å². The molecule has 21 heavy (non-hydrogen) atoms. The van der Waals surface area contributed by atoms with Crippen LogP contribution in [0.4, 0.5) is 0 Å². The molecule has 0 spiro atoms. The van der Waals surface area contributed by atoms with E-state index in [2.05, 4.69) is 18.7 Å². The third-order valence-electron chi connectivity index (χ3n) is 6.23. The molecule has 3 nitrogen and oxygen atoms in total. The second-order valence-electron chi connectivity index (χ2n) is 8.17. The van der Waals surface area contributed by atoms with Gasteiger partial charge in [0, 0.05) is 12.6 Å². The minimum atomic E-state index is -0.641. The summed E-state index contributed by atoms with van der Waals surface area (Å²) in [5.41, 5.74) is -0.589. The molecule has 2 rings (SSSR count). The summed E-state index contributed by atoms with van der Waals surface area (Å²) < 4.78 is 0. The van der Waals surface area contributed by atoms with Gasteiger partial charge in [-0.3, -0.25) is 4.79 Å². The number of piperidine rings is 1. The fraction of sp³-hybridized carbons (Fsp3) is 0.944. The maximum absolute atomic E-state index is 11.5. The van der Waals surface area contributed by atoms with Gasteiger partial charge in [0.2, 0.25) is 0 Å². The Morgan fingerprint density at radius 2 is 1.76 bits per heavy atom. The first-order valence-corrected chi connectivity index (χ1v) is 8.79. The molecule has 1 aliphatic heterocycles. The molecule has 2 aliphatic rings. The van der Waals surface area contributed by atoms with Gasteiger partial charge in [0.1, 0.15) is 0 Å². The van der Waals surface area contributed by atoms with Gasteiger partial charge in [0.25, 0.3) is 0 Å². The lowest BCUT2D eigenvalue weighted by atomic mass is 9.73. The van der Waals surface area contributed by atoms with Crippen LogP contribution in [0.1, 0.15) is 66.2 Å². The second kappa shape index (κ2) is 6.68. The lowest BCUT2D eigenvalue weighted by Gasteiger charge is -2.45. The predicted molar refractivity (Wildman–Crippen MR) is 86.3 cm³/mol. The van der Waals surface area contributed by atoms with Gasteiger partial charge in [0.15, 0.2) is 0 Å². The van der Waals surface area contributed by atoms with Gasteiger partial charge < -0.3 is 10.0 Å². The number of aliphatic carboxylic acids is 1. The first-order chi connectivity index (χ1) is 9.82. The maximum Gasteiger partial charge on any atom is 0.309 e. The fourth-order valence-corrected chi connectivity index (χ4v) is 4.24. The van der Waals surface area contributed by atoms with Crippen molar-refractivity contribution in [2.75, 3.05) is 13.1 Å². The Kier molecular flexibility index (Phi) is 5.34. The number of carboxylic acid groups (broad SMARTS) is 1. The van der Waals surface area contributed by atoms with Crippen LogP contribution in [0, 0.1) is 23.2 Å². The lowest BCUT2D eigenvalue weighted by Crippen LogP contribution is -2.49. The molecule has 1 N–H and O–H groups in total. The van der Waals surface area contributed by atoms with Crippen LogP contribution in [-0.2, 0) is 4.79 Å². The average Bonchev–Trinajstić information content (AvgIpc) is 2.47. The predicted octanol–water partition coefficient (Wildman–Crippen LogP) is 4.02. The number of likely N-dealkylation sites (tertiary alicyclic amines) is 1. The molecule has 3 heteroatoms. The highest BCUT2D eigenvalue weighted by Gasteiger charge is 2.40. The Morgan fingerprint density at radius 1 is 1.14 bits per heavy atom. The number of hydrogen-bond acceptors (Lipinski definition) is 2. The summed E-state index contributed by atoms with van der Waals surface area (Å²) in [5.74, 6) is 1.37. The van der Waals surface area contributed by atoms with Gasteiger partial charge in [-0.05, 0) is 76.7 Å². The van der Waals surface area contributed by atoms with Crippen molar-refractivity contribution < 1.29 is 9.90 Å². The summed E-state index contributed by atoms with van der Waals surface area (Å²) >= 11 is 0. The quantitative estimate of drug-likeness (QED) is 0.851. The van der Waals surface area contributed by atoms with E-state index in [9.17, 15) is 9.90 Å². The Balaban J connectivity index is 1.92. The van der Waals surface area contributed by atoms with Crippen LogP contribution in [0.25, 0.3) is 0 Å². The van der Waals surface area contributed by atoms with Gasteiger partial charge in [-0.25, -0.2) is 0 Å². The highest BCUT2D eigenvalue weighted by molar-refractivity contribution is 5.74. The summed E-state index contributed by atoms with van der Waals surface area (Å²) in [6.07, 6.45) is 7.55. The van der Waals surface area contributed by atoms with E-state index >= 15 is 0 Å². The molecule has 0 bridgehead atoms.